The van der Waals surface area contributed by atoms with Crippen molar-refractivity contribution in [2.24, 2.45) is 0 Å². The van der Waals surface area contributed by atoms with Crippen LogP contribution in [0.3, 0.4) is 0 Å². The molecule has 0 bridgehead atoms. The zero-order valence-electron chi connectivity index (χ0n) is 15.8. The molecular weight excluding hydrogens is 354 g/mol. The second-order valence-corrected chi connectivity index (χ2v) is 7.34. The summed E-state index contributed by atoms with van der Waals surface area (Å²) in [6.07, 6.45) is 1.74. The molecule has 2 heterocycles. The second-order valence-electron chi connectivity index (χ2n) is 7.34. The maximum absolute atomic E-state index is 12.7. The molecule has 1 amide bonds. The fourth-order valence-electron chi connectivity index (χ4n) is 3.95. The summed E-state index contributed by atoms with van der Waals surface area (Å²) in [5.74, 6) is 0.571. The zero-order valence-corrected chi connectivity index (χ0v) is 15.8. The fourth-order valence-corrected chi connectivity index (χ4v) is 3.95. The van der Waals surface area contributed by atoms with E-state index in [1.54, 1.807) is 18.2 Å². The van der Waals surface area contributed by atoms with Crippen LogP contribution in [0.15, 0.2) is 53.3 Å². The van der Waals surface area contributed by atoms with Crippen molar-refractivity contribution in [1.82, 2.24) is 14.7 Å². The predicted molar refractivity (Wildman–Crippen MR) is 107 cm³/mol. The molecule has 1 saturated heterocycles. The number of aromatic nitrogens is 2. The molecule has 1 aromatic heterocycles. The normalized spacial score (nSPS) is 15.1. The van der Waals surface area contributed by atoms with Crippen LogP contribution in [0.4, 0.5) is 0 Å². The van der Waals surface area contributed by atoms with E-state index in [9.17, 15) is 14.7 Å². The molecule has 6 nitrogen and oxygen atoms in total. The summed E-state index contributed by atoms with van der Waals surface area (Å²) in [7, 11) is 0. The first-order valence-electron chi connectivity index (χ1n) is 9.56. The van der Waals surface area contributed by atoms with Gasteiger partial charge in [-0.15, -0.1) is 0 Å². The molecule has 28 heavy (non-hydrogen) atoms. The largest absolute Gasteiger partial charge is 0.508 e. The van der Waals surface area contributed by atoms with E-state index in [-0.39, 0.29) is 23.8 Å². The minimum atomic E-state index is -0.228. The molecule has 0 spiro atoms. The first kappa shape index (κ1) is 18.2. The molecule has 1 fully saturated rings. The highest BCUT2D eigenvalue weighted by molar-refractivity contribution is 5.83. The van der Waals surface area contributed by atoms with Crippen LogP contribution >= 0.6 is 0 Å². The average molecular weight is 377 g/mol. The number of hydrogen-bond donors (Lipinski definition) is 1. The van der Waals surface area contributed by atoms with Gasteiger partial charge in [-0.2, -0.15) is 5.10 Å². The lowest BCUT2D eigenvalue weighted by atomic mass is 9.89. The van der Waals surface area contributed by atoms with Crippen LogP contribution in [-0.2, 0) is 11.3 Å². The summed E-state index contributed by atoms with van der Waals surface area (Å²) in [6, 6.07) is 14.6. The Kier molecular flexibility index (Phi) is 4.86. The lowest BCUT2D eigenvalue weighted by molar-refractivity contribution is -0.133. The maximum Gasteiger partial charge on any atom is 0.275 e. The van der Waals surface area contributed by atoms with Crippen LogP contribution in [0, 0.1) is 6.92 Å². The van der Waals surface area contributed by atoms with E-state index in [4.69, 9.17) is 0 Å². The van der Waals surface area contributed by atoms with Gasteiger partial charge < -0.3 is 10.0 Å². The minimum absolute atomic E-state index is 0.0333. The Morgan fingerprint density at radius 1 is 1.07 bits per heavy atom. The molecule has 0 unspecified atom stereocenters. The highest BCUT2D eigenvalue weighted by Crippen LogP contribution is 2.29. The number of carbonyl (C=O) groups excluding carboxylic acids is 1. The van der Waals surface area contributed by atoms with Crippen LogP contribution in [0.2, 0.25) is 0 Å². The highest BCUT2D eigenvalue weighted by atomic mass is 16.3. The van der Waals surface area contributed by atoms with Crippen LogP contribution in [0.25, 0.3) is 10.8 Å². The van der Waals surface area contributed by atoms with E-state index in [1.807, 2.05) is 42.2 Å². The van der Waals surface area contributed by atoms with Crippen molar-refractivity contribution in [3.63, 3.8) is 0 Å². The van der Waals surface area contributed by atoms with Gasteiger partial charge in [-0.25, -0.2) is 4.68 Å². The summed E-state index contributed by atoms with van der Waals surface area (Å²) >= 11 is 0. The summed E-state index contributed by atoms with van der Waals surface area (Å²) < 4.78 is 1.28. The van der Waals surface area contributed by atoms with Crippen molar-refractivity contribution in [3.8, 4) is 5.75 Å². The molecule has 0 radical (unpaired) electrons. The van der Waals surface area contributed by atoms with Crippen molar-refractivity contribution < 1.29 is 9.90 Å². The predicted octanol–water partition coefficient (Wildman–Crippen LogP) is 2.82. The van der Waals surface area contributed by atoms with Crippen molar-refractivity contribution in [3.05, 3.63) is 70.1 Å². The van der Waals surface area contributed by atoms with E-state index in [2.05, 4.69) is 5.10 Å². The third kappa shape index (κ3) is 3.50. The third-order valence-corrected chi connectivity index (χ3v) is 5.55. The number of aromatic hydroxyl groups is 1. The van der Waals surface area contributed by atoms with Crippen molar-refractivity contribution in [1.29, 1.82) is 0 Å². The number of likely N-dealkylation sites (tertiary alicyclic amines) is 1. The number of piperidine rings is 1. The van der Waals surface area contributed by atoms with E-state index in [0.717, 1.165) is 23.9 Å². The molecule has 1 aliphatic rings. The first-order chi connectivity index (χ1) is 13.5. The van der Waals surface area contributed by atoms with Gasteiger partial charge in [0.25, 0.3) is 5.56 Å². The topological polar surface area (TPSA) is 75.4 Å². The Balaban J connectivity index is 1.45. The molecule has 0 atom stereocenters. The van der Waals surface area contributed by atoms with Crippen LogP contribution in [0.5, 0.6) is 5.75 Å². The molecule has 4 rings (SSSR count). The smallest absolute Gasteiger partial charge is 0.275 e. The Labute approximate surface area is 163 Å². The lowest BCUT2D eigenvalue weighted by Gasteiger charge is -2.32. The van der Waals surface area contributed by atoms with Gasteiger partial charge in [-0.05, 0) is 49.4 Å². The molecule has 2 aromatic carbocycles. The Hall–Kier alpha value is -3.15. The number of amides is 1. The molecule has 1 N–H and O–H groups in total. The number of phenolic OH excluding ortho intramolecular Hbond substituents is 1. The SMILES string of the molecule is Cc1nn(CC(=O)N2CCC(c3ccc(O)cc3)CC2)c(=O)c2ccccc12. The van der Waals surface area contributed by atoms with Crippen LogP contribution in [0.1, 0.15) is 30.0 Å². The van der Waals surface area contributed by atoms with E-state index in [1.165, 1.54) is 10.2 Å². The minimum Gasteiger partial charge on any atom is -0.508 e. The number of phenols is 1. The first-order valence-corrected chi connectivity index (χ1v) is 9.56. The van der Waals surface area contributed by atoms with Crippen molar-refractivity contribution in [2.45, 2.75) is 32.2 Å². The monoisotopic (exact) mass is 377 g/mol. The lowest BCUT2D eigenvalue weighted by Crippen LogP contribution is -2.41. The van der Waals surface area contributed by atoms with Crippen molar-refractivity contribution >= 4 is 16.7 Å². The summed E-state index contributed by atoms with van der Waals surface area (Å²) in [4.78, 5) is 27.2. The van der Waals surface area contributed by atoms with Gasteiger partial charge in [-0.1, -0.05) is 30.3 Å². The Morgan fingerprint density at radius 3 is 2.39 bits per heavy atom. The quantitative estimate of drug-likeness (QED) is 0.762. The van der Waals surface area contributed by atoms with E-state index < -0.39 is 0 Å². The Morgan fingerprint density at radius 2 is 1.71 bits per heavy atom. The number of hydrogen-bond acceptors (Lipinski definition) is 4. The van der Waals surface area contributed by atoms with E-state index in [0.29, 0.717) is 24.4 Å². The highest BCUT2D eigenvalue weighted by Gasteiger charge is 2.24. The molecular formula is C22H23N3O3. The van der Waals surface area contributed by atoms with Gasteiger partial charge in [0.15, 0.2) is 0 Å². The van der Waals surface area contributed by atoms with Crippen LogP contribution in [-0.4, -0.2) is 38.8 Å². The van der Waals surface area contributed by atoms with Gasteiger partial charge in [0.1, 0.15) is 12.3 Å². The van der Waals surface area contributed by atoms with Gasteiger partial charge in [0, 0.05) is 18.5 Å². The third-order valence-electron chi connectivity index (χ3n) is 5.55. The molecule has 144 valence electrons. The van der Waals surface area contributed by atoms with Crippen molar-refractivity contribution in [2.75, 3.05) is 13.1 Å². The van der Waals surface area contributed by atoms with Gasteiger partial charge >= 0.3 is 0 Å². The summed E-state index contributed by atoms with van der Waals surface area (Å²) in [5.41, 5.74) is 1.70. The number of rotatable bonds is 3. The van der Waals surface area contributed by atoms with Gasteiger partial charge in [0.05, 0.1) is 11.1 Å². The average Bonchev–Trinajstić information content (AvgIpc) is 2.72. The molecule has 0 aliphatic carbocycles. The molecule has 0 saturated carbocycles. The molecule has 1 aliphatic heterocycles. The standard InChI is InChI=1S/C22H23N3O3/c1-15-19-4-2-3-5-20(19)22(28)25(23-15)14-21(27)24-12-10-17(11-13-24)16-6-8-18(26)9-7-16/h2-9,17,26H,10-14H2,1H3. The zero-order chi connectivity index (χ0) is 19.7. The van der Waals surface area contributed by atoms with Gasteiger partial charge in [0.2, 0.25) is 5.91 Å². The number of aryl methyl sites for hydroxylation is 1. The number of benzene rings is 2. The molecule has 3 aromatic rings. The van der Waals surface area contributed by atoms with Crippen LogP contribution < -0.4 is 5.56 Å². The summed E-state index contributed by atoms with van der Waals surface area (Å²) in [5, 5.41) is 15.2. The maximum atomic E-state index is 12.7. The number of nitrogens with zero attached hydrogens (tertiary/aromatic N) is 3. The molecule has 6 heteroatoms. The number of fused-ring (bicyclic) bond motifs is 1. The van der Waals surface area contributed by atoms with Gasteiger partial charge in [-0.3, -0.25) is 9.59 Å². The number of carbonyl (C=O) groups is 1. The Bertz CT molecular complexity index is 1060. The fraction of sp³-hybridized carbons (Fsp3) is 0.318. The summed E-state index contributed by atoms with van der Waals surface area (Å²) in [6.45, 7) is 3.14. The second kappa shape index (κ2) is 7.46. The van der Waals surface area contributed by atoms with E-state index >= 15 is 0 Å².